The molecule has 0 aliphatic carbocycles. The van der Waals surface area contributed by atoms with Gasteiger partial charge in [0.2, 0.25) is 0 Å². The molecule has 0 saturated heterocycles. The highest BCUT2D eigenvalue weighted by Crippen LogP contribution is 2.27. The molecule has 0 amide bonds. The van der Waals surface area contributed by atoms with Crippen LogP contribution in [-0.2, 0) is 28.6 Å². The molecule has 9 heteroatoms. The zero-order valence-corrected chi connectivity index (χ0v) is 34.0. The Morgan fingerprint density at radius 1 is 0.417 bits per heavy atom. The van der Waals surface area contributed by atoms with Crippen LogP contribution in [-0.4, -0.2) is 53.5 Å². The number of hydrogen-bond donors (Lipinski definition) is 3. The zero-order chi connectivity index (χ0) is 35.9. The molecule has 3 unspecified atom stereocenters. The van der Waals surface area contributed by atoms with Gasteiger partial charge in [0.1, 0.15) is 19.8 Å². The summed E-state index contributed by atoms with van der Waals surface area (Å²) in [6.45, 7) is 8.48. The van der Waals surface area contributed by atoms with Crippen molar-refractivity contribution < 1.29 is 28.6 Å². The van der Waals surface area contributed by atoms with E-state index in [-0.39, 0.29) is 19.8 Å². The molecule has 0 aliphatic heterocycles. The van der Waals surface area contributed by atoms with Crippen molar-refractivity contribution >= 4 is 55.8 Å². The number of carbonyl (C=O) groups is 3. The number of carbonyl (C=O) groups excluding carboxylic acids is 3. The normalized spacial score (nSPS) is 14.6. The van der Waals surface area contributed by atoms with Gasteiger partial charge in [-0.15, -0.1) is 0 Å². The molecule has 0 rings (SSSR count). The highest BCUT2D eigenvalue weighted by molar-refractivity contribution is 7.82. The molecule has 0 heterocycles. The van der Waals surface area contributed by atoms with Gasteiger partial charge in [0.05, 0.1) is 21.2 Å². The third-order valence-electron chi connectivity index (χ3n) is 9.37. The van der Waals surface area contributed by atoms with Gasteiger partial charge in [-0.3, -0.25) is 14.4 Å². The second-order valence-corrected chi connectivity index (χ2v) is 15.8. The summed E-state index contributed by atoms with van der Waals surface area (Å²) in [6.07, 6.45) is 26.9. The maximum Gasteiger partial charge on any atom is 0.318 e. The van der Waals surface area contributed by atoms with Crippen molar-refractivity contribution in [3.05, 3.63) is 0 Å². The van der Waals surface area contributed by atoms with Crippen molar-refractivity contribution in [2.24, 2.45) is 5.41 Å². The van der Waals surface area contributed by atoms with Gasteiger partial charge >= 0.3 is 17.9 Å². The molecule has 0 saturated carbocycles. The van der Waals surface area contributed by atoms with Gasteiger partial charge in [-0.1, -0.05) is 163 Å². The molecule has 48 heavy (non-hydrogen) atoms. The van der Waals surface area contributed by atoms with Gasteiger partial charge in [0.15, 0.2) is 0 Å². The first kappa shape index (κ1) is 47.5. The molecule has 0 aromatic rings. The Kier molecular flexibility index (Phi) is 32.0. The van der Waals surface area contributed by atoms with E-state index in [4.69, 9.17) is 14.2 Å². The summed E-state index contributed by atoms with van der Waals surface area (Å²) in [7, 11) is 0. The van der Waals surface area contributed by atoms with E-state index < -0.39 is 39.1 Å². The van der Waals surface area contributed by atoms with E-state index in [1.807, 2.05) is 6.92 Å². The van der Waals surface area contributed by atoms with Crippen LogP contribution in [0.2, 0.25) is 0 Å². The lowest BCUT2D eigenvalue weighted by Crippen LogP contribution is -2.41. The fraction of sp³-hybridized carbons (Fsp3) is 0.923. The first-order valence-corrected chi connectivity index (χ1v) is 21.2. The van der Waals surface area contributed by atoms with Crippen LogP contribution in [0.3, 0.4) is 0 Å². The Bertz CT molecular complexity index is 698. The fourth-order valence-electron chi connectivity index (χ4n) is 5.63. The number of rotatable bonds is 34. The van der Waals surface area contributed by atoms with E-state index in [1.54, 1.807) is 0 Å². The highest BCUT2D eigenvalue weighted by Gasteiger charge is 2.36. The predicted octanol–water partition coefficient (Wildman–Crippen LogP) is 11.3. The van der Waals surface area contributed by atoms with Crippen LogP contribution in [0.5, 0.6) is 0 Å². The molecular weight excluding hydrogens is 661 g/mol. The number of unbranched alkanes of at least 4 members (excludes halogenated alkanes) is 18. The number of hydrogen-bond acceptors (Lipinski definition) is 9. The largest absolute Gasteiger partial charge is 0.464 e. The first-order chi connectivity index (χ1) is 23.2. The average molecular weight is 735 g/mol. The van der Waals surface area contributed by atoms with Crippen LogP contribution >= 0.6 is 37.9 Å². The smallest absolute Gasteiger partial charge is 0.318 e. The maximum absolute atomic E-state index is 12.9. The summed E-state index contributed by atoms with van der Waals surface area (Å²) in [5.74, 6) is -1.18. The Balaban J connectivity index is 5.06. The Hall–Kier alpha value is -0.540. The van der Waals surface area contributed by atoms with E-state index in [1.165, 1.54) is 96.3 Å². The summed E-state index contributed by atoms with van der Waals surface area (Å²) in [5.41, 5.74) is -0.868. The zero-order valence-electron chi connectivity index (χ0n) is 31.3. The molecule has 0 aromatic heterocycles. The third kappa shape index (κ3) is 25.4. The van der Waals surface area contributed by atoms with Crippen molar-refractivity contribution in [3.8, 4) is 0 Å². The van der Waals surface area contributed by atoms with Crippen LogP contribution in [0.4, 0.5) is 0 Å². The van der Waals surface area contributed by atoms with Gasteiger partial charge < -0.3 is 14.2 Å². The molecule has 0 bridgehead atoms. The van der Waals surface area contributed by atoms with Crippen molar-refractivity contribution in [3.63, 3.8) is 0 Å². The number of esters is 3. The SMILES string of the molecule is CCCCCCCCCC(S)C(=O)OCC(CC)(COC(=O)C(S)CCCCCCCCC)COC(=O)C(S)CCCCCCCCC. The van der Waals surface area contributed by atoms with Gasteiger partial charge in [0.25, 0.3) is 0 Å². The fourth-order valence-corrected chi connectivity index (χ4v) is 6.40. The van der Waals surface area contributed by atoms with Crippen molar-refractivity contribution in [2.45, 2.75) is 204 Å². The Morgan fingerprint density at radius 3 is 0.875 bits per heavy atom. The lowest BCUT2D eigenvalue weighted by atomic mass is 9.88. The Morgan fingerprint density at radius 2 is 0.646 bits per heavy atom. The van der Waals surface area contributed by atoms with E-state index in [9.17, 15) is 14.4 Å². The second-order valence-electron chi connectivity index (χ2n) is 14.0. The minimum atomic E-state index is -0.868. The van der Waals surface area contributed by atoms with Gasteiger partial charge in [-0.05, 0) is 25.7 Å². The lowest BCUT2D eigenvalue weighted by molar-refractivity contribution is -0.161. The first-order valence-electron chi connectivity index (χ1n) is 19.7. The van der Waals surface area contributed by atoms with E-state index in [0.29, 0.717) is 25.7 Å². The summed E-state index contributed by atoms with van der Waals surface area (Å²) < 4.78 is 17.3. The molecule has 0 fully saturated rings. The van der Waals surface area contributed by atoms with Crippen LogP contribution in [0.1, 0.15) is 188 Å². The summed E-state index contributed by atoms with van der Waals surface area (Å²) in [6, 6.07) is 0. The molecule has 0 spiro atoms. The molecule has 0 aliphatic rings. The molecule has 0 radical (unpaired) electrons. The topological polar surface area (TPSA) is 78.9 Å². The third-order valence-corrected chi connectivity index (χ3v) is 10.8. The van der Waals surface area contributed by atoms with E-state index in [2.05, 4.69) is 58.7 Å². The Labute approximate surface area is 312 Å². The van der Waals surface area contributed by atoms with Crippen LogP contribution in [0, 0.1) is 5.41 Å². The molecule has 0 N–H and O–H groups in total. The highest BCUT2D eigenvalue weighted by atomic mass is 32.1. The van der Waals surface area contributed by atoms with Crippen LogP contribution in [0.25, 0.3) is 0 Å². The average Bonchev–Trinajstić information content (AvgIpc) is 3.09. The van der Waals surface area contributed by atoms with E-state index in [0.717, 1.165) is 38.5 Å². The van der Waals surface area contributed by atoms with Crippen molar-refractivity contribution in [1.29, 1.82) is 0 Å². The standard InChI is InChI=1S/C39H74O6S3/c1-5-9-12-15-18-21-24-27-33(46)36(40)43-30-39(8-4,31-44-37(41)34(47)28-25-22-19-16-13-10-6-2)32-45-38(42)35(48)29-26-23-20-17-14-11-7-3/h33-35,46-48H,5-32H2,1-4H3. The maximum atomic E-state index is 12.9. The minimum absolute atomic E-state index is 0.0268. The second kappa shape index (κ2) is 32.4. The van der Waals surface area contributed by atoms with Crippen LogP contribution in [0.15, 0.2) is 0 Å². The van der Waals surface area contributed by atoms with Crippen molar-refractivity contribution in [2.75, 3.05) is 19.8 Å². The van der Waals surface area contributed by atoms with Gasteiger partial charge in [-0.25, -0.2) is 0 Å². The lowest BCUT2D eigenvalue weighted by Gasteiger charge is -2.32. The van der Waals surface area contributed by atoms with E-state index >= 15 is 0 Å². The molecule has 0 aromatic carbocycles. The van der Waals surface area contributed by atoms with Crippen LogP contribution < -0.4 is 0 Å². The number of ether oxygens (including phenoxy) is 3. The minimum Gasteiger partial charge on any atom is -0.464 e. The van der Waals surface area contributed by atoms with Gasteiger partial charge in [-0.2, -0.15) is 37.9 Å². The quantitative estimate of drug-likeness (QED) is 0.0264. The predicted molar refractivity (Wildman–Crippen MR) is 212 cm³/mol. The molecule has 3 atom stereocenters. The molecule has 284 valence electrons. The summed E-state index contributed by atoms with van der Waals surface area (Å²) in [4.78, 5) is 38.8. The van der Waals surface area contributed by atoms with Crippen molar-refractivity contribution in [1.82, 2.24) is 0 Å². The monoisotopic (exact) mass is 734 g/mol. The molecule has 6 nitrogen and oxygen atoms in total. The summed E-state index contributed by atoms with van der Waals surface area (Å²) >= 11 is 13.6. The van der Waals surface area contributed by atoms with Gasteiger partial charge in [0, 0.05) is 0 Å². The number of thiol groups is 3. The summed E-state index contributed by atoms with van der Waals surface area (Å²) in [5, 5.41) is -1.56. The molecular formula is C39H74O6S3.